The van der Waals surface area contributed by atoms with Crippen LogP contribution in [0.2, 0.25) is 0 Å². The van der Waals surface area contributed by atoms with Crippen molar-refractivity contribution in [1.29, 1.82) is 0 Å². The van der Waals surface area contributed by atoms with Gasteiger partial charge in [0.25, 0.3) is 5.91 Å². The standard InChI is InChI=1S/C35H50N6O9S/c1-10-18-35(9,31(44)40-51(46,47)22-16-17-22)37-27(42)25-19-21(49-29-24-15-13-12-14-23(24)28(38-39-29)48-11-2)20-41(25)30(43)26(33(3,4)5)36-32(45)50-34(6,7)8/h10,12-15,21-22,25-26H,1,11,16-20H2,2-9H3,(H,36,45)(H,37,42)(H,40,44)/t21-,25+,26-,35-/m1/s1. The zero-order valence-electron chi connectivity index (χ0n) is 30.6. The predicted octanol–water partition coefficient (Wildman–Crippen LogP) is 3.38. The Morgan fingerprint density at radius 2 is 1.63 bits per heavy atom. The zero-order valence-corrected chi connectivity index (χ0v) is 31.4. The van der Waals surface area contributed by atoms with E-state index in [0.29, 0.717) is 36.1 Å². The number of ether oxygens (including phenoxy) is 3. The minimum Gasteiger partial charge on any atom is -0.476 e. The molecule has 15 nitrogen and oxygen atoms in total. The molecule has 1 saturated carbocycles. The number of sulfonamides is 1. The molecule has 0 radical (unpaired) electrons. The maximum atomic E-state index is 14.4. The van der Waals surface area contributed by atoms with E-state index in [4.69, 9.17) is 14.2 Å². The molecule has 2 aromatic rings. The number of nitrogens with zero attached hydrogens (tertiary/aromatic N) is 3. The normalized spacial score (nSPS) is 19.7. The second kappa shape index (κ2) is 15.0. The molecule has 1 aromatic carbocycles. The third-order valence-corrected chi connectivity index (χ3v) is 10.3. The molecule has 2 aliphatic rings. The Bertz CT molecular complexity index is 1770. The second-order valence-electron chi connectivity index (χ2n) is 15.2. The van der Waals surface area contributed by atoms with Crippen molar-refractivity contribution in [1.82, 2.24) is 30.5 Å². The molecule has 1 aromatic heterocycles. The highest BCUT2D eigenvalue weighted by Gasteiger charge is 2.49. The van der Waals surface area contributed by atoms with Crippen LogP contribution in [0.25, 0.3) is 10.8 Å². The maximum absolute atomic E-state index is 14.4. The van der Waals surface area contributed by atoms with Gasteiger partial charge in [0, 0.05) is 6.42 Å². The fourth-order valence-corrected chi connectivity index (χ4v) is 7.11. The van der Waals surface area contributed by atoms with E-state index in [2.05, 4.69) is 32.1 Å². The van der Waals surface area contributed by atoms with Crippen LogP contribution in [0.5, 0.6) is 11.8 Å². The Balaban J connectivity index is 1.68. The van der Waals surface area contributed by atoms with Crippen molar-refractivity contribution in [2.24, 2.45) is 5.41 Å². The first kappa shape index (κ1) is 39.3. The summed E-state index contributed by atoms with van der Waals surface area (Å²) in [7, 11) is -3.93. The monoisotopic (exact) mass is 730 g/mol. The van der Waals surface area contributed by atoms with E-state index in [1.165, 1.54) is 17.9 Å². The number of alkyl carbamates (subject to hydrolysis) is 1. The molecule has 4 atom stereocenters. The van der Waals surface area contributed by atoms with E-state index in [1.807, 2.05) is 19.1 Å². The molecule has 51 heavy (non-hydrogen) atoms. The lowest BCUT2D eigenvalue weighted by atomic mass is 9.85. The first-order valence-corrected chi connectivity index (χ1v) is 18.6. The Kier molecular flexibility index (Phi) is 11.6. The van der Waals surface area contributed by atoms with Gasteiger partial charge in [0.1, 0.15) is 29.3 Å². The van der Waals surface area contributed by atoms with Gasteiger partial charge in [-0.05, 0) is 71.4 Å². The SMILES string of the molecule is C=CC[C@@](C)(NC(=O)[C@@H]1C[C@@H](Oc2nnc(OCC)c3ccccc23)CN1C(=O)[C@@H](NC(=O)OC(C)(C)C)C(C)(C)C)C(=O)NS(=O)(=O)C1CC1. The van der Waals surface area contributed by atoms with Crippen LogP contribution in [0, 0.1) is 5.41 Å². The molecule has 2 fully saturated rings. The maximum Gasteiger partial charge on any atom is 0.408 e. The van der Waals surface area contributed by atoms with Crippen LogP contribution in [0.4, 0.5) is 4.79 Å². The topological polar surface area (TPSA) is 195 Å². The molecule has 4 rings (SSSR count). The van der Waals surface area contributed by atoms with Crippen molar-refractivity contribution in [3.8, 4) is 11.8 Å². The number of fused-ring (bicyclic) bond motifs is 1. The smallest absolute Gasteiger partial charge is 0.408 e. The summed E-state index contributed by atoms with van der Waals surface area (Å²) in [5, 5.41) is 14.4. The van der Waals surface area contributed by atoms with Gasteiger partial charge in [-0.15, -0.1) is 16.8 Å². The van der Waals surface area contributed by atoms with Gasteiger partial charge in [-0.1, -0.05) is 39.0 Å². The van der Waals surface area contributed by atoms with E-state index in [0.717, 1.165) is 0 Å². The summed E-state index contributed by atoms with van der Waals surface area (Å²) in [6.07, 6.45) is 0.537. The molecule has 2 heterocycles. The van der Waals surface area contributed by atoms with Crippen molar-refractivity contribution in [3.63, 3.8) is 0 Å². The van der Waals surface area contributed by atoms with Crippen LogP contribution in [-0.2, 0) is 29.1 Å². The number of benzene rings is 1. The number of hydrogen-bond donors (Lipinski definition) is 3. The highest BCUT2D eigenvalue weighted by atomic mass is 32.2. The van der Waals surface area contributed by atoms with Crippen molar-refractivity contribution in [3.05, 3.63) is 36.9 Å². The Morgan fingerprint density at radius 1 is 1.02 bits per heavy atom. The van der Waals surface area contributed by atoms with Crippen LogP contribution in [-0.4, -0.2) is 95.1 Å². The average Bonchev–Trinajstić information content (AvgIpc) is 3.80. The molecule has 16 heteroatoms. The van der Waals surface area contributed by atoms with E-state index >= 15 is 0 Å². The molecule has 3 N–H and O–H groups in total. The summed E-state index contributed by atoms with van der Waals surface area (Å²) >= 11 is 0. The van der Waals surface area contributed by atoms with Crippen LogP contribution in [0.1, 0.15) is 81.1 Å². The lowest BCUT2D eigenvalue weighted by Gasteiger charge is -2.36. The van der Waals surface area contributed by atoms with Gasteiger partial charge in [0.05, 0.1) is 29.2 Å². The van der Waals surface area contributed by atoms with Gasteiger partial charge < -0.3 is 29.7 Å². The highest BCUT2D eigenvalue weighted by Crippen LogP contribution is 2.33. The predicted molar refractivity (Wildman–Crippen MR) is 189 cm³/mol. The molecule has 1 saturated heterocycles. The van der Waals surface area contributed by atoms with Gasteiger partial charge in [-0.2, -0.15) is 0 Å². The van der Waals surface area contributed by atoms with Gasteiger partial charge >= 0.3 is 6.09 Å². The van der Waals surface area contributed by atoms with Crippen molar-refractivity contribution in [2.75, 3.05) is 13.2 Å². The quantitative estimate of drug-likeness (QED) is 0.256. The summed E-state index contributed by atoms with van der Waals surface area (Å²) in [5.74, 6) is -1.76. The fraction of sp³-hybridized carbons (Fsp3) is 0.600. The lowest BCUT2D eigenvalue weighted by Crippen LogP contribution is -2.62. The molecule has 0 bridgehead atoms. The first-order chi connectivity index (χ1) is 23.7. The number of rotatable bonds is 13. The first-order valence-electron chi connectivity index (χ1n) is 17.0. The van der Waals surface area contributed by atoms with Crippen molar-refractivity contribution < 1.29 is 41.8 Å². The van der Waals surface area contributed by atoms with Crippen molar-refractivity contribution in [2.45, 2.75) is 116 Å². The van der Waals surface area contributed by atoms with E-state index in [9.17, 15) is 27.6 Å². The van der Waals surface area contributed by atoms with Gasteiger partial charge in [0.2, 0.25) is 33.6 Å². The summed E-state index contributed by atoms with van der Waals surface area (Å²) in [6.45, 7) is 17.6. The number of nitrogens with one attached hydrogen (secondary N) is 3. The lowest BCUT2D eigenvalue weighted by molar-refractivity contribution is -0.143. The molecule has 0 spiro atoms. The molecule has 280 valence electrons. The van der Waals surface area contributed by atoms with Gasteiger partial charge in [-0.25, -0.2) is 13.2 Å². The molecular weight excluding hydrogens is 680 g/mol. The van der Waals surface area contributed by atoms with Gasteiger partial charge in [0.15, 0.2) is 0 Å². The zero-order chi connectivity index (χ0) is 37.9. The van der Waals surface area contributed by atoms with Crippen molar-refractivity contribution >= 4 is 44.6 Å². The number of carbonyl (C=O) groups is 4. The minimum absolute atomic E-state index is 0.0315. The Hall–Kier alpha value is -4.47. The Labute approximate surface area is 299 Å². The van der Waals surface area contributed by atoms with E-state index in [1.54, 1.807) is 53.7 Å². The third-order valence-electron chi connectivity index (χ3n) is 8.45. The third kappa shape index (κ3) is 9.65. The molecule has 4 amide bonds. The number of carbonyl (C=O) groups excluding carboxylic acids is 4. The van der Waals surface area contributed by atoms with E-state index < -0.39 is 73.8 Å². The van der Waals surface area contributed by atoms with Crippen LogP contribution in [0.3, 0.4) is 0 Å². The highest BCUT2D eigenvalue weighted by molar-refractivity contribution is 7.91. The van der Waals surface area contributed by atoms with Crippen LogP contribution < -0.4 is 24.8 Å². The molecular formula is C35H50N6O9S. The molecule has 1 aliphatic heterocycles. The molecule has 1 aliphatic carbocycles. The summed E-state index contributed by atoms with van der Waals surface area (Å²) in [6, 6.07) is 4.89. The number of aromatic nitrogens is 2. The summed E-state index contributed by atoms with van der Waals surface area (Å²) in [4.78, 5) is 56.2. The van der Waals surface area contributed by atoms with Gasteiger partial charge in [-0.3, -0.25) is 19.1 Å². The number of hydrogen-bond acceptors (Lipinski definition) is 11. The number of likely N-dealkylation sites (tertiary alicyclic amines) is 1. The summed E-state index contributed by atoms with van der Waals surface area (Å²) < 4.78 is 44.8. The Morgan fingerprint density at radius 3 is 2.18 bits per heavy atom. The van der Waals surface area contributed by atoms with Crippen LogP contribution in [0.15, 0.2) is 36.9 Å². The second-order valence-corrected chi connectivity index (χ2v) is 17.2. The largest absolute Gasteiger partial charge is 0.476 e. The molecule has 0 unspecified atom stereocenters. The summed E-state index contributed by atoms with van der Waals surface area (Å²) in [5.41, 5.74) is -3.40. The average molecular weight is 731 g/mol. The number of amides is 4. The van der Waals surface area contributed by atoms with E-state index in [-0.39, 0.29) is 25.3 Å². The fourth-order valence-electron chi connectivity index (χ4n) is 5.71. The van der Waals surface area contributed by atoms with Crippen LogP contribution >= 0.6 is 0 Å². The minimum atomic E-state index is -3.93.